The minimum absolute atomic E-state index is 0. The number of carbonyl (C=O) groups excluding carboxylic acids is 4. The molecule has 0 heterocycles. The maximum Gasteiger partial charge on any atom is 2.00 e. The Morgan fingerprint density at radius 2 is 0.857 bits per heavy atom. The largest absolute Gasteiger partial charge is 2.00 e. The molecule has 2 rings (SSSR count). The molecule has 0 aliphatic heterocycles. The predicted octanol–water partition coefficient (Wildman–Crippen LogP) is 8.24. The van der Waals surface area contributed by atoms with Crippen LogP contribution in [0.1, 0.15) is 159 Å². The van der Waals surface area contributed by atoms with E-state index in [4.69, 9.17) is 9.47 Å². The molecule has 0 spiro atoms. The van der Waals surface area contributed by atoms with E-state index in [1.165, 1.54) is 113 Å². The number of carbonyl (C=O) groups is 4. The summed E-state index contributed by atoms with van der Waals surface area (Å²) in [4.78, 5) is 44.4. The van der Waals surface area contributed by atoms with Crippen LogP contribution in [0.3, 0.4) is 0 Å². The van der Waals surface area contributed by atoms with Crippen molar-refractivity contribution in [2.75, 3.05) is 0 Å². The Bertz CT molecular complexity index is 1100. The molecule has 2 aromatic rings. The van der Waals surface area contributed by atoms with E-state index in [-0.39, 0.29) is 46.2 Å². The third-order valence-corrected chi connectivity index (χ3v) is 6.45. The van der Waals surface area contributed by atoms with E-state index in [0.717, 1.165) is 25.7 Å². The molecule has 0 saturated carbocycles. The molecule has 2 aromatic carbocycles. The van der Waals surface area contributed by atoms with Gasteiger partial charge in [-0.15, -0.1) is 0 Å². The fraction of sp³-hybridized carbons (Fsp3) is 0.450. The minimum atomic E-state index is -1.40. The van der Waals surface area contributed by atoms with Gasteiger partial charge in [-0.2, -0.15) is 0 Å². The Balaban J connectivity index is -0.000000603. The molecule has 268 valence electrons. The maximum atomic E-state index is 11.5. The van der Waals surface area contributed by atoms with Crippen molar-refractivity contribution in [2.24, 2.45) is 0 Å². The van der Waals surface area contributed by atoms with Gasteiger partial charge in [0, 0.05) is 11.1 Å². The van der Waals surface area contributed by atoms with Crippen molar-refractivity contribution in [2.45, 2.75) is 118 Å². The second-order valence-corrected chi connectivity index (χ2v) is 10.6. The molecule has 0 saturated heterocycles. The quantitative estimate of drug-likeness (QED) is 0.0639. The van der Waals surface area contributed by atoms with Gasteiger partial charge in [-0.3, -0.25) is 0 Å². The third-order valence-electron chi connectivity index (χ3n) is 6.45. The number of carboxylic acids is 2. The molecule has 8 nitrogen and oxygen atoms in total. The fourth-order valence-electron chi connectivity index (χ4n) is 3.78. The zero-order valence-electron chi connectivity index (χ0n) is 30.0. The van der Waals surface area contributed by atoms with Crippen LogP contribution in [0.2, 0.25) is 0 Å². The van der Waals surface area contributed by atoms with Crippen LogP contribution in [0.15, 0.2) is 73.2 Å². The Labute approximate surface area is 312 Å². The molecule has 0 fully saturated rings. The van der Waals surface area contributed by atoms with Crippen LogP contribution in [-0.4, -0.2) is 47.8 Å². The second-order valence-electron chi connectivity index (χ2n) is 10.6. The normalized spacial score (nSPS) is 9.92. The van der Waals surface area contributed by atoms with Gasteiger partial charge >= 0.3 is 35.8 Å². The van der Waals surface area contributed by atoms with Crippen LogP contribution in [0, 0.1) is 13.8 Å². The van der Waals surface area contributed by atoms with Crippen LogP contribution < -0.4 is 10.2 Å². The van der Waals surface area contributed by atoms with Crippen molar-refractivity contribution in [1.29, 1.82) is 0 Å². The van der Waals surface area contributed by atoms with E-state index >= 15 is 0 Å². The minimum Gasteiger partial charge on any atom is -0.545 e. The van der Waals surface area contributed by atoms with Crippen molar-refractivity contribution < 1.29 is 38.9 Å². The number of aromatic carboxylic acids is 2. The van der Waals surface area contributed by atoms with Crippen molar-refractivity contribution in [3.8, 4) is 0 Å². The monoisotopic (exact) mass is 784 g/mol. The summed E-state index contributed by atoms with van der Waals surface area (Å²) < 4.78 is 9.50. The Hall–Kier alpha value is -3.40. The number of hydrogen-bond donors (Lipinski definition) is 0. The number of esters is 2. The summed E-state index contributed by atoms with van der Waals surface area (Å²) in [5.74, 6) is -4.20. The maximum absolute atomic E-state index is 11.5. The number of unbranched alkanes of at least 4 members (excludes halogenated alkanes) is 10. The first-order valence-electron chi connectivity index (χ1n) is 17.1. The fourth-order valence-corrected chi connectivity index (χ4v) is 3.78. The van der Waals surface area contributed by atoms with E-state index < -0.39 is 23.9 Å². The molecule has 4 radical (unpaired) electrons. The molecule has 0 N–H and O–H groups in total. The van der Waals surface area contributed by atoms with Crippen LogP contribution in [0.5, 0.6) is 0 Å². The van der Waals surface area contributed by atoms with Gasteiger partial charge in [-0.1, -0.05) is 155 Å². The molecule has 9 heteroatoms. The molecule has 0 amide bonds. The molecule has 0 atom stereocenters. The Kier molecular flexibility index (Phi) is 36.6. The van der Waals surface area contributed by atoms with Crippen LogP contribution in [0.4, 0.5) is 0 Å². The predicted molar refractivity (Wildman–Crippen MR) is 194 cm³/mol. The van der Waals surface area contributed by atoms with Gasteiger partial charge in [-0.05, 0) is 37.1 Å². The van der Waals surface area contributed by atoms with Crippen molar-refractivity contribution in [1.82, 2.24) is 0 Å². The van der Waals surface area contributed by atoms with Gasteiger partial charge in [0.05, 0.1) is 35.6 Å². The summed E-state index contributed by atoms with van der Waals surface area (Å²) in [5.41, 5.74) is -0.360. The standard InChI is InChI=1S/2C12H12O4.2C8H17.Sn/c2*1-2-3-8-16-12(15)10-7-5-4-6-9(10)11(13)14;2*1-3-5-7-8-6-4-2;/h2*3-8H,2H2,1H3,(H,13,14);2*1,3-8H2,2H3;/q;;;;+2/p-2/b2*8-3+;;;. The third kappa shape index (κ3) is 27.1. The summed E-state index contributed by atoms with van der Waals surface area (Å²) in [6.45, 7) is 15.8. The summed E-state index contributed by atoms with van der Waals surface area (Å²) >= 11 is 0. The first kappa shape index (κ1) is 50.0. The Morgan fingerprint density at radius 1 is 0.551 bits per heavy atom. The number of hydrogen-bond acceptors (Lipinski definition) is 8. The number of benzene rings is 2. The molecular formula is C40H56O8Sn. The number of allylic oxidation sites excluding steroid dienone is 2. The number of rotatable bonds is 18. The smallest absolute Gasteiger partial charge is 0.545 e. The molecule has 0 aliphatic carbocycles. The van der Waals surface area contributed by atoms with Crippen molar-refractivity contribution in [3.05, 3.63) is 109 Å². The summed E-state index contributed by atoms with van der Waals surface area (Å²) in [6.07, 6.45) is 23.2. The zero-order valence-corrected chi connectivity index (χ0v) is 32.9. The van der Waals surface area contributed by atoms with Gasteiger partial charge in [0.1, 0.15) is 0 Å². The average molecular weight is 784 g/mol. The van der Waals surface area contributed by atoms with Crippen molar-refractivity contribution >= 4 is 47.8 Å². The SMILES string of the molecule is CC/C=C/OC(=O)c1ccccc1C(=O)[O-].CC/C=C/OC(=O)c1ccccc1C(=O)[O-].[CH2]CCCCCCC.[CH2]CCCCCCC.[Sn+2]. The second kappa shape index (κ2) is 35.9. The van der Waals surface area contributed by atoms with Gasteiger partial charge in [-0.25, -0.2) is 9.59 Å². The zero-order chi connectivity index (χ0) is 36.4. The van der Waals surface area contributed by atoms with Gasteiger partial charge in [0.2, 0.25) is 0 Å². The number of carboxylic acid groups (broad SMARTS) is 2. The first-order valence-corrected chi connectivity index (χ1v) is 17.1. The van der Waals surface area contributed by atoms with E-state index in [0.29, 0.717) is 0 Å². The average Bonchev–Trinajstić information content (AvgIpc) is 3.09. The summed E-state index contributed by atoms with van der Waals surface area (Å²) in [6, 6.07) is 11.5. The topological polar surface area (TPSA) is 133 Å². The van der Waals surface area contributed by atoms with Gasteiger partial charge in [0.15, 0.2) is 0 Å². The van der Waals surface area contributed by atoms with Gasteiger partial charge < -0.3 is 29.3 Å². The van der Waals surface area contributed by atoms with Crippen LogP contribution >= 0.6 is 0 Å². The van der Waals surface area contributed by atoms with E-state index in [1.54, 1.807) is 24.3 Å². The van der Waals surface area contributed by atoms with Gasteiger partial charge in [0.25, 0.3) is 0 Å². The summed E-state index contributed by atoms with van der Waals surface area (Å²) in [7, 11) is 0. The first-order chi connectivity index (χ1) is 23.2. The summed E-state index contributed by atoms with van der Waals surface area (Å²) in [5, 5.41) is 21.4. The molecular weight excluding hydrogens is 727 g/mol. The molecule has 49 heavy (non-hydrogen) atoms. The molecule has 0 aromatic heterocycles. The van der Waals surface area contributed by atoms with E-state index in [1.807, 2.05) is 13.8 Å². The van der Waals surface area contributed by atoms with E-state index in [2.05, 4.69) is 27.7 Å². The molecule has 0 bridgehead atoms. The number of ether oxygens (including phenoxy) is 2. The Morgan fingerprint density at radius 3 is 1.12 bits per heavy atom. The van der Waals surface area contributed by atoms with Crippen LogP contribution in [-0.2, 0) is 9.47 Å². The van der Waals surface area contributed by atoms with Crippen LogP contribution in [0.25, 0.3) is 0 Å². The molecule has 0 aliphatic rings. The van der Waals surface area contributed by atoms with E-state index in [9.17, 15) is 29.4 Å². The van der Waals surface area contributed by atoms with Crippen molar-refractivity contribution in [3.63, 3.8) is 0 Å². The molecule has 0 unspecified atom stereocenters.